The summed E-state index contributed by atoms with van der Waals surface area (Å²) in [5.74, 6) is -0.108. The topological polar surface area (TPSA) is 95.9 Å². The van der Waals surface area contributed by atoms with Crippen molar-refractivity contribution in [3.63, 3.8) is 0 Å². The maximum Gasteiger partial charge on any atom is 0.305 e. The van der Waals surface area contributed by atoms with Gasteiger partial charge in [0.15, 0.2) is 0 Å². The van der Waals surface area contributed by atoms with Crippen LogP contribution in [0.5, 0.6) is 0 Å². The zero-order valence-corrected chi connectivity index (χ0v) is 45.3. The van der Waals surface area contributed by atoms with Crippen molar-refractivity contribution in [3.05, 3.63) is 48.6 Å². The van der Waals surface area contributed by atoms with Crippen molar-refractivity contribution in [2.75, 3.05) is 13.2 Å². The van der Waals surface area contributed by atoms with Crippen molar-refractivity contribution in [3.8, 4) is 0 Å². The first kappa shape index (κ1) is 65.8. The number of nitrogens with one attached hydrogen (secondary N) is 1. The summed E-state index contributed by atoms with van der Waals surface area (Å²) in [6.45, 7) is 4.84. The smallest absolute Gasteiger partial charge is 0.305 e. The normalized spacial score (nSPS) is 12.9. The third kappa shape index (κ3) is 53.2. The Morgan fingerprint density at radius 1 is 0.412 bits per heavy atom. The van der Waals surface area contributed by atoms with Crippen molar-refractivity contribution in [1.29, 1.82) is 0 Å². The van der Waals surface area contributed by atoms with Crippen LogP contribution >= 0.6 is 0 Å². The first-order valence-electron chi connectivity index (χ1n) is 29.9. The van der Waals surface area contributed by atoms with Gasteiger partial charge in [-0.05, 0) is 89.9 Å². The molecule has 398 valence electrons. The quantitative estimate of drug-likeness (QED) is 0.0321. The van der Waals surface area contributed by atoms with Gasteiger partial charge in [0.2, 0.25) is 5.91 Å². The fraction of sp³-hybridized carbons (Fsp3) is 0.839. The van der Waals surface area contributed by atoms with Crippen molar-refractivity contribution >= 4 is 11.9 Å². The Balaban J connectivity index is 3.52. The minimum atomic E-state index is -0.857. The molecule has 0 bridgehead atoms. The van der Waals surface area contributed by atoms with Gasteiger partial charge in [-0.3, -0.25) is 9.59 Å². The molecule has 0 saturated heterocycles. The van der Waals surface area contributed by atoms with Gasteiger partial charge in [-0.25, -0.2) is 0 Å². The Kier molecular flexibility index (Phi) is 55.6. The summed E-state index contributed by atoms with van der Waals surface area (Å²) in [5.41, 5.74) is 0. The molecule has 0 fully saturated rings. The summed E-state index contributed by atoms with van der Waals surface area (Å²) in [5, 5.41) is 23.2. The van der Waals surface area contributed by atoms with Gasteiger partial charge in [-0.2, -0.15) is 0 Å². The molecule has 0 aromatic rings. The summed E-state index contributed by atoms with van der Waals surface area (Å²) in [7, 11) is 0. The molecule has 0 aliphatic carbocycles. The second kappa shape index (κ2) is 57.4. The fourth-order valence-corrected chi connectivity index (χ4v) is 8.95. The van der Waals surface area contributed by atoms with E-state index < -0.39 is 12.1 Å². The molecular weight excluding hydrogens is 839 g/mol. The number of esters is 1. The van der Waals surface area contributed by atoms with Gasteiger partial charge in [0, 0.05) is 12.8 Å². The Bertz CT molecular complexity index is 1150. The number of aliphatic hydroxyl groups is 2. The van der Waals surface area contributed by atoms with Crippen LogP contribution in [0, 0.1) is 0 Å². The lowest BCUT2D eigenvalue weighted by molar-refractivity contribution is -0.143. The van der Waals surface area contributed by atoms with E-state index in [0.717, 1.165) is 83.5 Å². The molecule has 0 aromatic heterocycles. The van der Waals surface area contributed by atoms with Crippen LogP contribution in [0.1, 0.15) is 309 Å². The Morgan fingerprint density at radius 2 is 0.735 bits per heavy atom. The van der Waals surface area contributed by atoms with Crippen LogP contribution < -0.4 is 5.32 Å². The van der Waals surface area contributed by atoms with Crippen LogP contribution in [-0.4, -0.2) is 47.4 Å². The Labute approximate surface area is 423 Å². The lowest BCUT2D eigenvalue weighted by Gasteiger charge is -2.20. The SMILES string of the molecule is CCCCC/C=C\C/C=C\CCCCCCCC(=O)OCCCCCC/C=C\CCCCCCCCCC(=O)NC(CO)C(O)/C=C/CCCCCCCCCCCCCCCCCCCCC. The molecule has 0 saturated carbocycles. The van der Waals surface area contributed by atoms with E-state index in [1.54, 1.807) is 6.08 Å². The second-order valence-electron chi connectivity index (χ2n) is 20.3. The number of aliphatic hydroxyl groups excluding tert-OH is 2. The van der Waals surface area contributed by atoms with E-state index in [0.29, 0.717) is 19.4 Å². The average molecular weight is 955 g/mol. The number of unbranched alkanes of at least 4 members (excludes halogenated alkanes) is 38. The zero-order chi connectivity index (χ0) is 49.3. The van der Waals surface area contributed by atoms with Crippen molar-refractivity contribution in [1.82, 2.24) is 5.32 Å². The molecule has 6 heteroatoms. The molecule has 6 nitrogen and oxygen atoms in total. The van der Waals surface area contributed by atoms with E-state index in [-0.39, 0.29) is 18.5 Å². The van der Waals surface area contributed by atoms with Crippen LogP contribution in [0.15, 0.2) is 48.6 Å². The second-order valence-corrected chi connectivity index (χ2v) is 20.3. The average Bonchev–Trinajstić information content (AvgIpc) is 3.34. The molecule has 0 heterocycles. The molecular formula is C62H115NO5. The van der Waals surface area contributed by atoms with Crippen LogP contribution in [-0.2, 0) is 14.3 Å². The van der Waals surface area contributed by atoms with Crippen molar-refractivity contribution < 1.29 is 24.5 Å². The number of hydrogen-bond acceptors (Lipinski definition) is 5. The molecule has 0 spiro atoms. The molecule has 0 aromatic carbocycles. The monoisotopic (exact) mass is 954 g/mol. The lowest BCUT2D eigenvalue weighted by Crippen LogP contribution is -2.45. The molecule has 0 radical (unpaired) electrons. The highest BCUT2D eigenvalue weighted by atomic mass is 16.5. The van der Waals surface area contributed by atoms with Crippen LogP contribution in [0.2, 0.25) is 0 Å². The number of rotatable bonds is 55. The maximum atomic E-state index is 12.5. The Morgan fingerprint density at radius 3 is 1.16 bits per heavy atom. The number of allylic oxidation sites excluding steroid dienone is 7. The maximum absolute atomic E-state index is 12.5. The third-order valence-corrected chi connectivity index (χ3v) is 13.6. The highest BCUT2D eigenvalue weighted by molar-refractivity contribution is 5.76. The van der Waals surface area contributed by atoms with E-state index in [4.69, 9.17) is 4.74 Å². The largest absolute Gasteiger partial charge is 0.466 e. The van der Waals surface area contributed by atoms with Gasteiger partial charge < -0.3 is 20.3 Å². The summed E-state index contributed by atoms with van der Waals surface area (Å²) in [4.78, 5) is 24.5. The van der Waals surface area contributed by atoms with Gasteiger partial charge >= 0.3 is 5.97 Å². The van der Waals surface area contributed by atoms with E-state index >= 15 is 0 Å². The van der Waals surface area contributed by atoms with E-state index in [2.05, 4.69) is 55.6 Å². The van der Waals surface area contributed by atoms with Crippen LogP contribution in [0.3, 0.4) is 0 Å². The molecule has 0 aliphatic heterocycles. The molecule has 3 N–H and O–H groups in total. The van der Waals surface area contributed by atoms with E-state index in [1.807, 2.05) is 6.08 Å². The van der Waals surface area contributed by atoms with E-state index in [1.165, 1.54) is 199 Å². The van der Waals surface area contributed by atoms with Crippen LogP contribution in [0.4, 0.5) is 0 Å². The van der Waals surface area contributed by atoms with Gasteiger partial charge in [-0.15, -0.1) is 0 Å². The van der Waals surface area contributed by atoms with Gasteiger partial charge in [0.25, 0.3) is 0 Å². The Hall–Kier alpha value is -2.18. The third-order valence-electron chi connectivity index (χ3n) is 13.6. The molecule has 1 amide bonds. The highest BCUT2D eigenvalue weighted by Crippen LogP contribution is 2.16. The minimum absolute atomic E-state index is 0.0254. The van der Waals surface area contributed by atoms with Crippen LogP contribution in [0.25, 0.3) is 0 Å². The molecule has 0 rings (SSSR count). The highest BCUT2D eigenvalue weighted by Gasteiger charge is 2.18. The number of ether oxygens (including phenoxy) is 1. The lowest BCUT2D eigenvalue weighted by atomic mass is 10.0. The summed E-state index contributed by atoms with van der Waals surface area (Å²) in [6.07, 6.45) is 72.7. The number of hydrogen-bond donors (Lipinski definition) is 3. The first-order chi connectivity index (χ1) is 33.5. The summed E-state index contributed by atoms with van der Waals surface area (Å²) >= 11 is 0. The zero-order valence-electron chi connectivity index (χ0n) is 45.3. The van der Waals surface area contributed by atoms with Gasteiger partial charge in [-0.1, -0.05) is 255 Å². The number of carbonyl (C=O) groups is 2. The predicted octanol–water partition coefficient (Wildman–Crippen LogP) is 18.6. The first-order valence-corrected chi connectivity index (χ1v) is 29.9. The summed E-state index contributed by atoms with van der Waals surface area (Å²) in [6, 6.07) is -0.642. The molecule has 2 atom stereocenters. The summed E-state index contributed by atoms with van der Waals surface area (Å²) < 4.78 is 5.45. The van der Waals surface area contributed by atoms with Crippen molar-refractivity contribution in [2.24, 2.45) is 0 Å². The standard InChI is InChI=1S/C62H115NO5/c1-3-5-7-9-11-13-15-17-19-20-21-22-23-24-27-30-34-38-42-46-50-54-60(65)59(58-64)63-61(66)55-51-47-43-39-35-31-28-25-29-33-37-41-45-49-53-57-68-62(67)56-52-48-44-40-36-32-26-18-16-14-12-10-8-6-4-2/h12,14,18,26,29,33,50,54,59-60,64-65H,3-11,13,15-17,19-25,27-28,30-32,34-49,51-53,55-58H2,1-2H3,(H,63,66)/b14-12-,26-18-,33-29-,54-50+. The van der Waals surface area contributed by atoms with E-state index in [9.17, 15) is 19.8 Å². The number of amides is 1. The molecule has 0 aliphatic rings. The number of carbonyl (C=O) groups excluding carboxylic acids is 2. The minimum Gasteiger partial charge on any atom is -0.466 e. The van der Waals surface area contributed by atoms with Crippen molar-refractivity contribution in [2.45, 2.75) is 321 Å². The van der Waals surface area contributed by atoms with Gasteiger partial charge in [0.1, 0.15) is 0 Å². The predicted molar refractivity (Wildman–Crippen MR) is 296 cm³/mol. The molecule has 2 unspecified atom stereocenters. The van der Waals surface area contributed by atoms with Gasteiger partial charge in [0.05, 0.1) is 25.4 Å². The fourth-order valence-electron chi connectivity index (χ4n) is 8.95. The molecule has 68 heavy (non-hydrogen) atoms.